The van der Waals surface area contributed by atoms with Crippen LogP contribution in [-0.2, 0) is 4.79 Å². The van der Waals surface area contributed by atoms with Crippen LogP contribution in [0.3, 0.4) is 0 Å². The highest BCUT2D eigenvalue weighted by molar-refractivity contribution is 5.94. The van der Waals surface area contributed by atoms with E-state index in [-0.39, 0.29) is 18.0 Å². The Bertz CT molecular complexity index is 557. The molecule has 7 nitrogen and oxygen atoms in total. The van der Waals surface area contributed by atoms with E-state index in [9.17, 15) is 14.4 Å². The zero-order valence-electron chi connectivity index (χ0n) is 12.3. The van der Waals surface area contributed by atoms with Crippen LogP contribution >= 0.6 is 0 Å². The third kappa shape index (κ3) is 4.79. The highest BCUT2D eigenvalue weighted by Gasteiger charge is 2.13. The highest BCUT2D eigenvalue weighted by atomic mass is 16.4. The molecular weight excluding hydrogens is 274 g/mol. The number of nitrogens with zero attached hydrogens (tertiary/aromatic N) is 1. The van der Waals surface area contributed by atoms with Crippen molar-refractivity contribution in [2.24, 2.45) is 0 Å². The molecule has 0 aliphatic carbocycles. The first-order valence-electron chi connectivity index (χ1n) is 6.48. The summed E-state index contributed by atoms with van der Waals surface area (Å²) < 4.78 is 0. The number of carbonyl (C=O) groups excluding carboxylic acids is 2. The monoisotopic (exact) mass is 293 g/mol. The maximum atomic E-state index is 11.9. The molecule has 0 spiro atoms. The number of carboxylic acid groups (broad SMARTS) is 1. The Balaban J connectivity index is 2.68. The third-order valence-corrected chi connectivity index (χ3v) is 2.81. The van der Waals surface area contributed by atoms with Crippen molar-refractivity contribution in [3.8, 4) is 0 Å². The van der Waals surface area contributed by atoms with Gasteiger partial charge in [0.25, 0.3) is 0 Å². The number of benzene rings is 1. The van der Waals surface area contributed by atoms with Gasteiger partial charge in [-0.25, -0.2) is 9.59 Å². The summed E-state index contributed by atoms with van der Waals surface area (Å²) >= 11 is 0. The lowest BCUT2D eigenvalue weighted by molar-refractivity contribution is -0.121. The Morgan fingerprint density at radius 2 is 1.95 bits per heavy atom. The summed E-state index contributed by atoms with van der Waals surface area (Å²) in [6, 6.07) is 4.07. The highest BCUT2D eigenvalue weighted by Crippen LogP contribution is 2.15. The van der Waals surface area contributed by atoms with Crippen LogP contribution in [-0.4, -0.2) is 48.1 Å². The number of hydrogen-bond donors (Lipinski definition) is 3. The molecule has 114 valence electrons. The van der Waals surface area contributed by atoms with Gasteiger partial charge < -0.3 is 20.6 Å². The van der Waals surface area contributed by atoms with Crippen LogP contribution in [0.5, 0.6) is 0 Å². The van der Waals surface area contributed by atoms with Crippen LogP contribution < -0.4 is 10.6 Å². The molecule has 0 fully saturated rings. The molecule has 0 saturated carbocycles. The predicted molar refractivity (Wildman–Crippen MR) is 78.5 cm³/mol. The zero-order valence-corrected chi connectivity index (χ0v) is 12.3. The van der Waals surface area contributed by atoms with E-state index in [4.69, 9.17) is 5.11 Å². The fourth-order valence-corrected chi connectivity index (χ4v) is 1.74. The summed E-state index contributed by atoms with van der Waals surface area (Å²) in [7, 11) is 1.50. The molecule has 0 aliphatic heterocycles. The SMILES string of the molecule is CCNC(=O)CN(C)C(=O)Nc1ccc(C(=O)O)c(C)c1. The van der Waals surface area contributed by atoms with Gasteiger partial charge in [-0.2, -0.15) is 0 Å². The summed E-state index contributed by atoms with van der Waals surface area (Å²) in [5.41, 5.74) is 1.21. The molecule has 0 saturated heterocycles. The van der Waals surface area contributed by atoms with Crippen molar-refractivity contribution in [2.45, 2.75) is 13.8 Å². The molecule has 3 N–H and O–H groups in total. The van der Waals surface area contributed by atoms with Crippen molar-refractivity contribution < 1.29 is 19.5 Å². The topological polar surface area (TPSA) is 98.7 Å². The molecule has 0 heterocycles. The van der Waals surface area contributed by atoms with Gasteiger partial charge in [0.2, 0.25) is 5.91 Å². The Labute approximate surface area is 122 Å². The first kappa shape index (κ1) is 16.5. The average molecular weight is 293 g/mol. The summed E-state index contributed by atoms with van der Waals surface area (Å²) in [6.07, 6.45) is 0. The number of hydrogen-bond acceptors (Lipinski definition) is 3. The first-order chi connectivity index (χ1) is 9.85. The minimum atomic E-state index is -1.02. The van der Waals surface area contributed by atoms with Crippen molar-refractivity contribution in [2.75, 3.05) is 25.5 Å². The van der Waals surface area contributed by atoms with Crippen LogP contribution in [0.15, 0.2) is 18.2 Å². The second-order valence-corrected chi connectivity index (χ2v) is 4.57. The van der Waals surface area contributed by atoms with E-state index < -0.39 is 12.0 Å². The van der Waals surface area contributed by atoms with Crippen LogP contribution in [0.2, 0.25) is 0 Å². The molecule has 0 aromatic heterocycles. The normalized spacial score (nSPS) is 9.86. The lowest BCUT2D eigenvalue weighted by Gasteiger charge is -2.17. The van der Waals surface area contributed by atoms with Gasteiger partial charge in [0.05, 0.1) is 5.56 Å². The molecule has 3 amide bonds. The van der Waals surface area contributed by atoms with Crippen LogP contribution in [0.1, 0.15) is 22.8 Å². The molecule has 0 aliphatic rings. The zero-order chi connectivity index (χ0) is 16.0. The van der Waals surface area contributed by atoms with E-state index in [1.807, 2.05) is 0 Å². The molecule has 21 heavy (non-hydrogen) atoms. The third-order valence-electron chi connectivity index (χ3n) is 2.81. The molecule has 1 rings (SSSR count). The summed E-state index contributed by atoms with van der Waals surface area (Å²) in [6.45, 7) is 3.90. The second-order valence-electron chi connectivity index (χ2n) is 4.57. The Hall–Kier alpha value is -2.57. The van der Waals surface area contributed by atoms with Gasteiger partial charge in [0, 0.05) is 19.3 Å². The molecular formula is C14H19N3O4. The summed E-state index contributed by atoms with van der Waals surface area (Å²) in [5, 5.41) is 14.1. The lowest BCUT2D eigenvalue weighted by Crippen LogP contribution is -2.40. The van der Waals surface area contributed by atoms with Crippen molar-refractivity contribution in [1.82, 2.24) is 10.2 Å². The summed E-state index contributed by atoms with van der Waals surface area (Å²) in [5.74, 6) is -1.26. The average Bonchev–Trinajstić information content (AvgIpc) is 2.38. The fourth-order valence-electron chi connectivity index (χ4n) is 1.74. The fraction of sp³-hybridized carbons (Fsp3) is 0.357. The van der Waals surface area contributed by atoms with Gasteiger partial charge in [-0.1, -0.05) is 0 Å². The number of anilines is 1. The number of urea groups is 1. The molecule has 7 heteroatoms. The lowest BCUT2D eigenvalue weighted by atomic mass is 10.1. The van der Waals surface area contributed by atoms with Crippen molar-refractivity contribution in [3.05, 3.63) is 29.3 Å². The molecule has 0 atom stereocenters. The van der Waals surface area contributed by atoms with Crippen molar-refractivity contribution in [3.63, 3.8) is 0 Å². The van der Waals surface area contributed by atoms with Gasteiger partial charge in [-0.15, -0.1) is 0 Å². The predicted octanol–water partition coefficient (Wildman–Crippen LogP) is 1.29. The van der Waals surface area contributed by atoms with Crippen LogP contribution in [0.25, 0.3) is 0 Å². The number of amides is 3. The number of likely N-dealkylation sites (N-methyl/N-ethyl adjacent to an activating group) is 2. The van der Waals surface area contributed by atoms with E-state index >= 15 is 0 Å². The molecule has 0 radical (unpaired) electrons. The second kappa shape index (κ2) is 7.28. The maximum Gasteiger partial charge on any atom is 0.335 e. The van der Waals surface area contributed by atoms with Crippen LogP contribution in [0.4, 0.5) is 10.5 Å². The van der Waals surface area contributed by atoms with Gasteiger partial charge in [0.1, 0.15) is 6.54 Å². The van der Waals surface area contributed by atoms with Crippen LogP contribution in [0, 0.1) is 6.92 Å². The van der Waals surface area contributed by atoms with Crippen molar-refractivity contribution in [1.29, 1.82) is 0 Å². The van der Waals surface area contributed by atoms with Crippen molar-refractivity contribution >= 4 is 23.6 Å². The number of carbonyl (C=O) groups is 3. The minimum Gasteiger partial charge on any atom is -0.478 e. The Morgan fingerprint density at radius 3 is 2.48 bits per heavy atom. The van der Waals surface area contributed by atoms with Gasteiger partial charge in [0.15, 0.2) is 0 Å². The van der Waals surface area contributed by atoms with E-state index in [1.165, 1.54) is 24.1 Å². The van der Waals surface area contributed by atoms with E-state index in [2.05, 4.69) is 10.6 Å². The molecule has 1 aromatic rings. The quantitative estimate of drug-likeness (QED) is 0.762. The van der Waals surface area contributed by atoms with E-state index in [1.54, 1.807) is 19.9 Å². The smallest absolute Gasteiger partial charge is 0.335 e. The minimum absolute atomic E-state index is 0.0497. The maximum absolute atomic E-state index is 11.9. The molecule has 0 bridgehead atoms. The van der Waals surface area contributed by atoms with E-state index in [0.717, 1.165) is 0 Å². The summed E-state index contributed by atoms with van der Waals surface area (Å²) in [4.78, 5) is 35.4. The number of nitrogens with one attached hydrogen (secondary N) is 2. The number of rotatable bonds is 5. The largest absolute Gasteiger partial charge is 0.478 e. The van der Waals surface area contributed by atoms with Gasteiger partial charge in [-0.05, 0) is 37.6 Å². The standard InChI is InChI=1S/C14H19N3O4/c1-4-15-12(18)8-17(3)14(21)16-10-5-6-11(13(19)20)9(2)7-10/h5-7H,4,8H2,1-3H3,(H,15,18)(H,16,21)(H,19,20). The Kier molecular flexibility index (Phi) is 5.71. The Morgan fingerprint density at radius 1 is 1.29 bits per heavy atom. The van der Waals surface area contributed by atoms with E-state index in [0.29, 0.717) is 17.8 Å². The number of aromatic carboxylic acids is 1. The number of carboxylic acids is 1. The molecule has 1 aromatic carbocycles. The number of aryl methyl sites for hydroxylation is 1. The first-order valence-corrected chi connectivity index (χ1v) is 6.48. The molecule has 0 unspecified atom stereocenters. The van der Waals surface area contributed by atoms with Gasteiger partial charge in [-0.3, -0.25) is 4.79 Å². The van der Waals surface area contributed by atoms with Gasteiger partial charge >= 0.3 is 12.0 Å².